The van der Waals surface area contributed by atoms with Crippen LogP contribution in [0.3, 0.4) is 0 Å². The van der Waals surface area contributed by atoms with Crippen molar-refractivity contribution in [1.29, 1.82) is 0 Å². The maximum Gasteiger partial charge on any atom is 0.220 e. The van der Waals surface area contributed by atoms with Crippen molar-refractivity contribution in [1.82, 2.24) is 10.2 Å². The average molecular weight is 292 g/mol. The number of carbonyl (C=O) groups excluding carboxylic acids is 1. The predicted octanol–water partition coefficient (Wildman–Crippen LogP) is 2.69. The van der Waals surface area contributed by atoms with Crippen LogP contribution in [0.15, 0.2) is 39.6 Å². The van der Waals surface area contributed by atoms with Crippen molar-refractivity contribution in [2.45, 2.75) is 18.9 Å². The maximum atomic E-state index is 11.9. The molecule has 0 aliphatic rings. The van der Waals surface area contributed by atoms with Gasteiger partial charge in [0.2, 0.25) is 5.91 Å². The second kappa shape index (κ2) is 7.26. The molecule has 0 fully saturated rings. The molecule has 0 unspecified atom stereocenters. The largest absolute Gasteiger partial charge is 0.468 e. The molecule has 0 saturated heterocycles. The number of hydrogen-bond donors (Lipinski definition) is 1. The van der Waals surface area contributed by atoms with Gasteiger partial charge in [-0.15, -0.1) is 0 Å². The number of aryl methyl sites for hydroxylation is 1. The van der Waals surface area contributed by atoms with E-state index in [1.165, 1.54) is 5.56 Å². The Morgan fingerprint density at radius 2 is 2.30 bits per heavy atom. The predicted molar refractivity (Wildman–Crippen MR) is 80.8 cm³/mol. The maximum absolute atomic E-state index is 11.9. The van der Waals surface area contributed by atoms with E-state index in [0.717, 1.165) is 12.2 Å². The fourth-order valence-corrected chi connectivity index (χ4v) is 2.71. The summed E-state index contributed by atoms with van der Waals surface area (Å²) >= 11 is 1.66. The van der Waals surface area contributed by atoms with E-state index in [1.807, 2.05) is 36.5 Å². The number of thiophene rings is 1. The van der Waals surface area contributed by atoms with Crippen molar-refractivity contribution in [3.8, 4) is 0 Å². The zero-order chi connectivity index (χ0) is 14.4. The van der Waals surface area contributed by atoms with Crippen LogP contribution in [-0.4, -0.2) is 31.4 Å². The van der Waals surface area contributed by atoms with E-state index in [-0.39, 0.29) is 11.9 Å². The Morgan fingerprint density at radius 3 is 2.90 bits per heavy atom. The summed E-state index contributed by atoms with van der Waals surface area (Å²) < 4.78 is 5.42. The van der Waals surface area contributed by atoms with Crippen LogP contribution in [0.4, 0.5) is 0 Å². The molecule has 0 aliphatic carbocycles. The highest BCUT2D eigenvalue weighted by Gasteiger charge is 2.17. The molecule has 1 N–H and O–H groups in total. The Kier molecular flexibility index (Phi) is 5.38. The van der Waals surface area contributed by atoms with Crippen LogP contribution in [-0.2, 0) is 11.2 Å². The number of furan rings is 1. The standard InChI is InChI=1S/C15H20N2O2S/c1-17(2)13(14-4-3-8-19-14)10-16-15(18)6-5-12-7-9-20-11-12/h3-4,7-9,11,13H,5-6,10H2,1-2H3,(H,16,18)/t13-/m0/s1. The molecular formula is C15H20N2O2S. The van der Waals surface area contributed by atoms with Gasteiger partial charge < -0.3 is 9.73 Å². The lowest BCUT2D eigenvalue weighted by molar-refractivity contribution is -0.121. The van der Waals surface area contributed by atoms with Crippen LogP contribution < -0.4 is 5.32 Å². The molecule has 0 saturated carbocycles. The molecule has 2 heterocycles. The summed E-state index contributed by atoms with van der Waals surface area (Å²) in [6.07, 6.45) is 2.97. The molecule has 2 aromatic rings. The monoisotopic (exact) mass is 292 g/mol. The molecule has 108 valence electrons. The molecule has 0 spiro atoms. The van der Waals surface area contributed by atoms with E-state index in [0.29, 0.717) is 13.0 Å². The van der Waals surface area contributed by atoms with Gasteiger partial charge in [-0.25, -0.2) is 0 Å². The zero-order valence-corrected chi connectivity index (χ0v) is 12.7. The molecular weight excluding hydrogens is 272 g/mol. The summed E-state index contributed by atoms with van der Waals surface area (Å²) in [5.74, 6) is 0.947. The summed E-state index contributed by atoms with van der Waals surface area (Å²) in [6, 6.07) is 5.92. The quantitative estimate of drug-likeness (QED) is 0.853. The first-order valence-electron chi connectivity index (χ1n) is 6.64. The minimum Gasteiger partial charge on any atom is -0.468 e. The topological polar surface area (TPSA) is 45.5 Å². The third kappa shape index (κ3) is 4.21. The van der Waals surface area contributed by atoms with Gasteiger partial charge in [-0.2, -0.15) is 11.3 Å². The van der Waals surface area contributed by atoms with Crippen LogP contribution >= 0.6 is 11.3 Å². The second-order valence-electron chi connectivity index (χ2n) is 4.93. The molecule has 0 bridgehead atoms. The number of rotatable bonds is 7. The van der Waals surface area contributed by atoms with Crippen molar-refractivity contribution < 1.29 is 9.21 Å². The van der Waals surface area contributed by atoms with E-state index < -0.39 is 0 Å². The minimum absolute atomic E-state index is 0.0649. The van der Waals surface area contributed by atoms with E-state index in [2.05, 4.69) is 16.8 Å². The molecule has 0 aromatic carbocycles. The molecule has 2 rings (SSSR count). The fourth-order valence-electron chi connectivity index (χ4n) is 2.01. The van der Waals surface area contributed by atoms with Crippen molar-refractivity contribution in [3.05, 3.63) is 46.5 Å². The van der Waals surface area contributed by atoms with Crippen molar-refractivity contribution >= 4 is 17.2 Å². The first-order chi connectivity index (χ1) is 9.66. The summed E-state index contributed by atoms with van der Waals surface area (Å²) in [5, 5.41) is 7.09. The van der Waals surface area contributed by atoms with Gasteiger partial charge in [0.05, 0.1) is 12.3 Å². The zero-order valence-electron chi connectivity index (χ0n) is 11.8. The second-order valence-corrected chi connectivity index (χ2v) is 5.71. The first kappa shape index (κ1) is 14.8. The van der Waals surface area contributed by atoms with Gasteiger partial charge >= 0.3 is 0 Å². The smallest absolute Gasteiger partial charge is 0.220 e. The van der Waals surface area contributed by atoms with Crippen LogP contribution in [0.2, 0.25) is 0 Å². The molecule has 0 radical (unpaired) electrons. The molecule has 5 heteroatoms. The third-order valence-corrected chi connectivity index (χ3v) is 3.94. The molecule has 0 aliphatic heterocycles. The molecule has 1 amide bonds. The SMILES string of the molecule is CN(C)[C@@H](CNC(=O)CCc1ccsc1)c1ccco1. The van der Waals surface area contributed by atoms with Gasteiger partial charge in [-0.05, 0) is 55.0 Å². The van der Waals surface area contributed by atoms with E-state index in [4.69, 9.17) is 4.42 Å². The van der Waals surface area contributed by atoms with Gasteiger partial charge in [-0.3, -0.25) is 9.69 Å². The first-order valence-corrected chi connectivity index (χ1v) is 7.58. The number of nitrogens with zero attached hydrogens (tertiary/aromatic N) is 1. The van der Waals surface area contributed by atoms with E-state index in [9.17, 15) is 4.79 Å². The van der Waals surface area contributed by atoms with Crippen LogP contribution in [0.25, 0.3) is 0 Å². The number of hydrogen-bond acceptors (Lipinski definition) is 4. The number of carbonyl (C=O) groups is 1. The number of nitrogens with one attached hydrogen (secondary N) is 1. The van der Waals surface area contributed by atoms with Crippen molar-refractivity contribution in [2.75, 3.05) is 20.6 Å². The highest BCUT2D eigenvalue weighted by Crippen LogP contribution is 2.17. The lowest BCUT2D eigenvalue weighted by Crippen LogP contribution is -2.34. The van der Waals surface area contributed by atoms with Gasteiger partial charge in [0.15, 0.2) is 0 Å². The Balaban J connectivity index is 1.79. The minimum atomic E-state index is 0.0649. The van der Waals surface area contributed by atoms with Crippen LogP contribution in [0.1, 0.15) is 23.8 Å². The number of likely N-dealkylation sites (N-methyl/N-ethyl adjacent to an activating group) is 1. The van der Waals surface area contributed by atoms with Crippen LogP contribution in [0.5, 0.6) is 0 Å². The molecule has 1 atom stereocenters. The lowest BCUT2D eigenvalue weighted by Gasteiger charge is -2.22. The summed E-state index contributed by atoms with van der Waals surface area (Å²) in [6.45, 7) is 0.559. The Hall–Kier alpha value is -1.59. The molecule has 2 aromatic heterocycles. The van der Waals surface area contributed by atoms with E-state index in [1.54, 1.807) is 17.6 Å². The van der Waals surface area contributed by atoms with Gasteiger partial charge in [0.25, 0.3) is 0 Å². The lowest BCUT2D eigenvalue weighted by atomic mass is 10.1. The molecule has 4 nitrogen and oxygen atoms in total. The summed E-state index contributed by atoms with van der Waals surface area (Å²) in [5.41, 5.74) is 1.22. The van der Waals surface area contributed by atoms with E-state index >= 15 is 0 Å². The third-order valence-electron chi connectivity index (χ3n) is 3.21. The normalized spacial score (nSPS) is 12.6. The highest BCUT2D eigenvalue weighted by atomic mass is 32.1. The van der Waals surface area contributed by atoms with Crippen molar-refractivity contribution in [3.63, 3.8) is 0 Å². The van der Waals surface area contributed by atoms with Crippen molar-refractivity contribution in [2.24, 2.45) is 0 Å². The summed E-state index contributed by atoms with van der Waals surface area (Å²) in [4.78, 5) is 13.9. The summed E-state index contributed by atoms with van der Waals surface area (Å²) in [7, 11) is 3.95. The Bertz CT molecular complexity index is 506. The Labute approximate surface area is 123 Å². The fraction of sp³-hybridized carbons (Fsp3) is 0.400. The number of amides is 1. The van der Waals surface area contributed by atoms with Gasteiger partial charge in [0.1, 0.15) is 5.76 Å². The molecule has 20 heavy (non-hydrogen) atoms. The Morgan fingerprint density at radius 1 is 1.45 bits per heavy atom. The average Bonchev–Trinajstić information content (AvgIpc) is 3.09. The van der Waals surface area contributed by atoms with Gasteiger partial charge in [-0.1, -0.05) is 0 Å². The van der Waals surface area contributed by atoms with Gasteiger partial charge in [0, 0.05) is 13.0 Å². The van der Waals surface area contributed by atoms with Crippen LogP contribution in [0, 0.1) is 0 Å². The highest BCUT2D eigenvalue weighted by molar-refractivity contribution is 7.07.